The minimum atomic E-state index is 0.675. The van der Waals surface area contributed by atoms with E-state index in [0.29, 0.717) is 5.92 Å². The fraction of sp³-hybridized carbons (Fsp3) is 0.476. The van der Waals surface area contributed by atoms with Crippen LogP contribution in [0, 0.1) is 5.92 Å². The van der Waals surface area contributed by atoms with Crippen LogP contribution in [-0.4, -0.2) is 63.7 Å². The number of nitrogens with zero attached hydrogens (tertiary/aromatic N) is 4. The summed E-state index contributed by atoms with van der Waals surface area (Å²) in [6.07, 6.45) is 1.24. The number of guanidine groups is 1. The van der Waals surface area contributed by atoms with Crippen LogP contribution in [0.25, 0.3) is 0 Å². The third kappa shape index (κ3) is 4.38. The SMILES string of the molecule is CN=C(NCC1CCN(c2ccccc2)C1)N1CCN(c2cccs2)CC1. The quantitative estimate of drug-likeness (QED) is 0.650. The van der Waals surface area contributed by atoms with Crippen molar-refractivity contribution in [1.82, 2.24) is 10.2 Å². The van der Waals surface area contributed by atoms with Crippen molar-refractivity contribution in [2.45, 2.75) is 6.42 Å². The summed E-state index contributed by atoms with van der Waals surface area (Å²) in [4.78, 5) is 11.9. The molecule has 2 aliphatic heterocycles. The molecular weight excluding hydrogens is 354 g/mol. The Kier molecular flexibility index (Phi) is 5.82. The standard InChI is InChI=1S/C21H29N5S/c1-22-21(25-13-11-24(12-14-25)20-8-5-15-27-20)23-16-18-9-10-26(17-18)19-6-3-2-4-7-19/h2-8,15,18H,9-14,16-17H2,1H3,(H,22,23). The van der Waals surface area contributed by atoms with Crippen molar-refractivity contribution < 1.29 is 0 Å². The topological polar surface area (TPSA) is 34.1 Å². The first-order chi connectivity index (χ1) is 13.3. The number of hydrogen-bond acceptors (Lipinski definition) is 4. The molecule has 1 N–H and O–H groups in total. The lowest BCUT2D eigenvalue weighted by Gasteiger charge is -2.37. The van der Waals surface area contributed by atoms with Gasteiger partial charge in [-0.2, -0.15) is 0 Å². The molecule has 1 aromatic carbocycles. The van der Waals surface area contributed by atoms with Crippen molar-refractivity contribution in [3.8, 4) is 0 Å². The minimum Gasteiger partial charge on any atom is -0.371 e. The van der Waals surface area contributed by atoms with Crippen molar-refractivity contribution in [1.29, 1.82) is 0 Å². The molecule has 3 heterocycles. The third-order valence-corrected chi connectivity index (χ3v) is 6.49. The molecule has 2 aromatic rings. The number of nitrogens with one attached hydrogen (secondary N) is 1. The Morgan fingerprint density at radius 3 is 2.56 bits per heavy atom. The molecule has 4 rings (SSSR count). The molecule has 0 radical (unpaired) electrons. The van der Waals surface area contributed by atoms with E-state index in [-0.39, 0.29) is 0 Å². The highest BCUT2D eigenvalue weighted by Gasteiger charge is 2.24. The molecule has 1 aromatic heterocycles. The number of piperazine rings is 1. The summed E-state index contributed by atoms with van der Waals surface area (Å²) in [5, 5.41) is 7.17. The van der Waals surface area contributed by atoms with Crippen molar-refractivity contribution in [3.05, 3.63) is 47.8 Å². The molecular formula is C21H29N5S. The highest BCUT2D eigenvalue weighted by molar-refractivity contribution is 7.14. The summed E-state index contributed by atoms with van der Waals surface area (Å²) >= 11 is 1.83. The summed E-state index contributed by atoms with van der Waals surface area (Å²) in [5.41, 5.74) is 1.34. The molecule has 0 aliphatic carbocycles. The summed E-state index contributed by atoms with van der Waals surface area (Å²) in [5.74, 6) is 1.73. The van der Waals surface area contributed by atoms with Crippen LogP contribution in [0.1, 0.15) is 6.42 Å². The average Bonchev–Trinajstić information content (AvgIpc) is 3.42. The van der Waals surface area contributed by atoms with Gasteiger partial charge in [-0.15, -0.1) is 11.3 Å². The summed E-state index contributed by atoms with van der Waals surface area (Å²) in [6.45, 7) is 7.45. The van der Waals surface area contributed by atoms with Crippen LogP contribution in [0.5, 0.6) is 0 Å². The highest BCUT2D eigenvalue weighted by Crippen LogP contribution is 2.24. The van der Waals surface area contributed by atoms with Crippen molar-refractivity contribution in [2.24, 2.45) is 10.9 Å². The largest absolute Gasteiger partial charge is 0.371 e. The predicted octanol–water partition coefficient (Wildman–Crippen LogP) is 2.97. The maximum atomic E-state index is 4.54. The number of aliphatic imine (C=N–C) groups is 1. The second-order valence-electron chi connectivity index (χ2n) is 7.29. The molecule has 144 valence electrons. The first kappa shape index (κ1) is 18.2. The van der Waals surface area contributed by atoms with Gasteiger partial charge in [0.2, 0.25) is 0 Å². The van der Waals surface area contributed by atoms with Crippen LogP contribution in [0.15, 0.2) is 52.8 Å². The second-order valence-corrected chi connectivity index (χ2v) is 8.22. The van der Waals surface area contributed by atoms with Gasteiger partial charge in [0.1, 0.15) is 0 Å². The van der Waals surface area contributed by atoms with Crippen molar-refractivity contribution >= 4 is 28.0 Å². The summed E-state index contributed by atoms with van der Waals surface area (Å²) < 4.78 is 0. The molecule has 2 saturated heterocycles. The van der Waals surface area contributed by atoms with E-state index in [1.165, 1.54) is 17.1 Å². The van der Waals surface area contributed by atoms with E-state index in [0.717, 1.165) is 51.8 Å². The van der Waals surface area contributed by atoms with Crippen molar-refractivity contribution in [2.75, 3.05) is 62.7 Å². The van der Waals surface area contributed by atoms with Crippen molar-refractivity contribution in [3.63, 3.8) is 0 Å². The van der Waals surface area contributed by atoms with Crippen LogP contribution < -0.4 is 15.1 Å². The normalized spacial score (nSPS) is 21.0. The van der Waals surface area contributed by atoms with E-state index in [4.69, 9.17) is 0 Å². The lowest BCUT2D eigenvalue weighted by molar-refractivity contribution is 0.370. The Morgan fingerprint density at radius 1 is 1.04 bits per heavy atom. The lowest BCUT2D eigenvalue weighted by atomic mass is 10.1. The first-order valence-electron chi connectivity index (χ1n) is 9.87. The Labute approximate surface area is 166 Å². The molecule has 0 spiro atoms. The molecule has 2 aliphatic rings. The van der Waals surface area contributed by atoms with Crippen LogP contribution in [0.4, 0.5) is 10.7 Å². The van der Waals surface area contributed by atoms with E-state index in [1.54, 1.807) is 0 Å². The van der Waals surface area contributed by atoms with E-state index in [9.17, 15) is 0 Å². The van der Waals surface area contributed by atoms with Gasteiger partial charge in [0.15, 0.2) is 5.96 Å². The lowest BCUT2D eigenvalue weighted by Crippen LogP contribution is -2.53. The Bertz CT molecular complexity index is 722. The average molecular weight is 384 g/mol. The van der Waals surface area contributed by atoms with Gasteiger partial charge in [-0.05, 0) is 42.0 Å². The van der Waals surface area contributed by atoms with Gasteiger partial charge in [0.05, 0.1) is 5.00 Å². The molecule has 1 unspecified atom stereocenters. The number of para-hydroxylation sites is 1. The van der Waals surface area contributed by atoms with Gasteiger partial charge >= 0.3 is 0 Å². The van der Waals surface area contributed by atoms with Crippen LogP contribution >= 0.6 is 11.3 Å². The Hall–Kier alpha value is -2.21. The monoisotopic (exact) mass is 383 g/mol. The smallest absolute Gasteiger partial charge is 0.193 e. The maximum absolute atomic E-state index is 4.54. The van der Waals surface area contributed by atoms with Gasteiger partial charge in [-0.1, -0.05) is 18.2 Å². The van der Waals surface area contributed by atoms with Crippen LogP contribution in [-0.2, 0) is 0 Å². The number of hydrogen-bond donors (Lipinski definition) is 1. The zero-order chi connectivity index (χ0) is 18.5. The maximum Gasteiger partial charge on any atom is 0.193 e. The van der Waals surface area contributed by atoms with E-state index in [1.807, 2.05) is 18.4 Å². The number of benzene rings is 1. The van der Waals surface area contributed by atoms with Gasteiger partial charge in [0, 0.05) is 58.5 Å². The number of anilines is 2. The van der Waals surface area contributed by atoms with Gasteiger partial charge < -0.3 is 20.0 Å². The summed E-state index contributed by atoms with van der Waals surface area (Å²) in [6, 6.07) is 15.1. The van der Waals surface area contributed by atoms with Crippen LogP contribution in [0.3, 0.4) is 0 Å². The predicted molar refractivity (Wildman–Crippen MR) is 116 cm³/mol. The van der Waals surface area contributed by atoms with E-state index < -0.39 is 0 Å². The Morgan fingerprint density at radius 2 is 1.85 bits per heavy atom. The fourth-order valence-corrected chi connectivity index (χ4v) is 4.81. The molecule has 5 nitrogen and oxygen atoms in total. The third-order valence-electron chi connectivity index (χ3n) is 5.56. The highest BCUT2D eigenvalue weighted by atomic mass is 32.1. The molecule has 0 saturated carbocycles. The zero-order valence-corrected chi connectivity index (χ0v) is 16.9. The molecule has 27 heavy (non-hydrogen) atoms. The molecule has 0 bridgehead atoms. The minimum absolute atomic E-state index is 0.675. The molecule has 6 heteroatoms. The second kappa shape index (κ2) is 8.65. The molecule has 1 atom stereocenters. The summed E-state index contributed by atoms with van der Waals surface area (Å²) in [7, 11) is 1.90. The van der Waals surface area contributed by atoms with Crippen LogP contribution in [0.2, 0.25) is 0 Å². The van der Waals surface area contributed by atoms with E-state index in [2.05, 4.69) is 72.9 Å². The first-order valence-corrected chi connectivity index (χ1v) is 10.8. The van der Waals surface area contributed by atoms with Gasteiger partial charge in [0.25, 0.3) is 0 Å². The fourth-order valence-electron chi connectivity index (χ4n) is 4.03. The Balaban J connectivity index is 1.24. The molecule has 2 fully saturated rings. The van der Waals surface area contributed by atoms with E-state index >= 15 is 0 Å². The zero-order valence-electron chi connectivity index (χ0n) is 16.1. The number of thiophene rings is 1. The van der Waals surface area contributed by atoms with Gasteiger partial charge in [-0.3, -0.25) is 4.99 Å². The number of rotatable bonds is 4. The van der Waals surface area contributed by atoms with Gasteiger partial charge in [-0.25, -0.2) is 0 Å². The molecule has 0 amide bonds.